The summed E-state index contributed by atoms with van der Waals surface area (Å²) in [6.45, 7) is 0. The lowest BCUT2D eigenvalue weighted by molar-refractivity contribution is 0.564. The molecule has 0 radical (unpaired) electrons. The molecule has 0 nitrogen and oxygen atoms in total. The van der Waals surface area contributed by atoms with E-state index in [0.29, 0.717) is 0 Å². The van der Waals surface area contributed by atoms with Crippen LogP contribution >= 0.6 is 24.4 Å². The van der Waals surface area contributed by atoms with Gasteiger partial charge in [0.05, 0.1) is 0 Å². The van der Waals surface area contributed by atoms with E-state index in [4.69, 9.17) is 0 Å². The van der Waals surface area contributed by atoms with E-state index in [1.54, 1.807) is 0 Å². The molecular formula is C13H28S2. The number of rotatable bonds is 12. The van der Waals surface area contributed by atoms with Gasteiger partial charge in [-0.25, -0.2) is 0 Å². The number of hydrogen-bond donors (Lipinski definition) is 1. The van der Waals surface area contributed by atoms with Crippen LogP contribution in [0.4, 0.5) is 0 Å². The molecule has 0 heterocycles. The van der Waals surface area contributed by atoms with E-state index in [1.165, 1.54) is 70.0 Å². The summed E-state index contributed by atoms with van der Waals surface area (Å²) in [6, 6.07) is 0. The van der Waals surface area contributed by atoms with E-state index in [2.05, 4.69) is 18.9 Å². The Morgan fingerprint density at radius 3 is 1.47 bits per heavy atom. The largest absolute Gasteiger partial charge is 0.179 e. The van der Waals surface area contributed by atoms with Gasteiger partial charge in [0.2, 0.25) is 0 Å². The molecule has 0 atom stereocenters. The summed E-state index contributed by atoms with van der Waals surface area (Å²) >= 11 is 6.19. The summed E-state index contributed by atoms with van der Waals surface area (Å²) in [5.74, 6) is 2.42. The minimum atomic E-state index is 1.06. The lowest BCUT2D eigenvalue weighted by atomic mass is 10.1. The molecule has 15 heavy (non-hydrogen) atoms. The van der Waals surface area contributed by atoms with Crippen molar-refractivity contribution >= 4 is 24.4 Å². The highest BCUT2D eigenvalue weighted by Gasteiger charge is 1.92. The van der Waals surface area contributed by atoms with Gasteiger partial charge in [0.1, 0.15) is 0 Å². The first-order valence-corrected chi connectivity index (χ1v) is 8.54. The third kappa shape index (κ3) is 14.7. The van der Waals surface area contributed by atoms with Crippen molar-refractivity contribution in [2.75, 3.05) is 17.8 Å². The number of thiol groups is 1. The molecule has 0 rings (SSSR count). The maximum Gasteiger partial charge on any atom is -0.00703 e. The Labute approximate surface area is 106 Å². The summed E-state index contributed by atoms with van der Waals surface area (Å²) in [5.41, 5.74) is 0. The quantitative estimate of drug-likeness (QED) is 0.367. The molecule has 0 N–H and O–H groups in total. The summed E-state index contributed by atoms with van der Waals surface area (Å²) in [4.78, 5) is 0. The molecule has 0 spiro atoms. The molecule has 0 aliphatic carbocycles. The summed E-state index contributed by atoms with van der Waals surface area (Å²) in [7, 11) is 0. The normalized spacial score (nSPS) is 10.8. The first-order valence-electron chi connectivity index (χ1n) is 6.51. The van der Waals surface area contributed by atoms with Crippen LogP contribution in [0.5, 0.6) is 0 Å². The molecule has 0 bridgehead atoms. The minimum Gasteiger partial charge on any atom is -0.179 e. The van der Waals surface area contributed by atoms with Crippen LogP contribution in [-0.2, 0) is 0 Å². The molecule has 0 aromatic heterocycles. The van der Waals surface area contributed by atoms with Crippen LogP contribution in [0.2, 0.25) is 0 Å². The summed E-state index contributed by atoms with van der Waals surface area (Å²) < 4.78 is 0. The van der Waals surface area contributed by atoms with E-state index in [-0.39, 0.29) is 0 Å². The van der Waals surface area contributed by atoms with Crippen molar-refractivity contribution in [2.24, 2.45) is 0 Å². The van der Waals surface area contributed by atoms with Crippen LogP contribution in [0.1, 0.15) is 64.2 Å². The molecular weight excluding hydrogens is 220 g/mol. The third-order valence-electron chi connectivity index (χ3n) is 2.76. The van der Waals surface area contributed by atoms with Crippen LogP contribution in [0.25, 0.3) is 0 Å². The first kappa shape index (κ1) is 15.7. The Kier molecular flexibility index (Phi) is 15.4. The van der Waals surface area contributed by atoms with Crippen molar-refractivity contribution in [3.8, 4) is 0 Å². The zero-order valence-electron chi connectivity index (χ0n) is 10.3. The van der Waals surface area contributed by atoms with Gasteiger partial charge in [0.15, 0.2) is 0 Å². The van der Waals surface area contributed by atoms with Gasteiger partial charge < -0.3 is 0 Å². The van der Waals surface area contributed by atoms with Crippen LogP contribution < -0.4 is 0 Å². The second kappa shape index (κ2) is 14.7. The molecule has 2 heteroatoms. The van der Waals surface area contributed by atoms with Crippen LogP contribution in [0.3, 0.4) is 0 Å². The smallest absolute Gasteiger partial charge is 0.00703 e. The van der Waals surface area contributed by atoms with Crippen molar-refractivity contribution in [3.63, 3.8) is 0 Å². The maximum absolute atomic E-state index is 4.22. The lowest BCUT2D eigenvalue weighted by Crippen LogP contribution is -1.83. The Balaban J connectivity index is 2.81. The van der Waals surface area contributed by atoms with Gasteiger partial charge in [-0.1, -0.05) is 51.4 Å². The van der Waals surface area contributed by atoms with Gasteiger partial charge in [0, 0.05) is 0 Å². The zero-order valence-corrected chi connectivity index (χ0v) is 12.1. The highest BCUT2D eigenvalue weighted by molar-refractivity contribution is 7.98. The lowest BCUT2D eigenvalue weighted by Gasteiger charge is -2.01. The number of unbranched alkanes of at least 4 members (excludes halogenated alkanes) is 9. The predicted molar refractivity (Wildman–Crippen MR) is 78.4 cm³/mol. The van der Waals surface area contributed by atoms with Gasteiger partial charge in [-0.05, 0) is 30.6 Å². The third-order valence-corrected chi connectivity index (χ3v) is 3.77. The summed E-state index contributed by atoms with van der Waals surface area (Å²) in [5, 5.41) is 0. The van der Waals surface area contributed by atoms with Gasteiger partial charge in [-0.2, -0.15) is 24.4 Å². The maximum atomic E-state index is 4.22. The van der Waals surface area contributed by atoms with Gasteiger partial charge >= 0.3 is 0 Å². The zero-order chi connectivity index (χ0) is 11.2. The average Bonchev–Trinajstić information content (AvgIpc) is 2.26. The van der Waals surface area contributed by atoms with Gasteiger partial charge in [-0.15, -0.1) is 0 Å². The van der Waals surface area contributed by atoms with Crippen molar-refractivity contribution in [1.29, 1.82) is 0 Å². The fourth-order valence-corrected chi connectivity index (χ4v) is 2.49. The van der Waals surface area contributed by atoms with E-state index in [0.717, 1.165) is 5.75 Å². The molecule has 0 aromatic carbocycles. The van der Waals surface area contributed by atoms with E-state index >= 15 is 0 Å². The Morgan fingerprint density at radius 1 is 0.667 bits per heavy atom. The second-order valence-corrected chi connectivity index (χ2v) is 5.68. The molecule has 0 amide bonds. The highest BCUT2D eigenvalue weighted by atomic mass is 32.2. The SMILES string of the molecule is CSCCCCCCCCCCCCS. The van der Waals surface area contributed by atoms with Gasteiger partial charge in [0.25, 0.3) is 0 Å². The standard InChI is InChI=1S/C13H28S2/c1-15-13-11-9-7-5-3-2-4-6-8-10-12-14/h14H,2-13H2,1H3. The number of thioether (sulfide) groups is 1. The molecule has 0 saturated carbocycles. The second-order valence-electron chi connectivity index (χ2n) is 4.25. The fourth-order valence-electron chi connectivity index (χ4n) is 1.77. The molecule has 0 aliphatic rings. The first-order chi connectivity index (χ1) is 7.41. The van der Waals surface area contributed by atoms with E-state index in [1.807, 2.05) is 11.8 Å². The summed E-state index contributed by atoms with van der Waals surface area (Å²) in [6.07, 6.45) is 16.4. The Hall–Kier alpha value is 0.700. The van der Waals surface area contributed by atoms with Crippen molar-refractivity contribution in [1.82, 2.24) is 0 Å². The van der Waals surface area contributed by atoms with Crippen LogP contribution in [-0.4, -0.2) is 17.8 Å². The predicted octanol–water partition coefficient (Wildman–Crippen LogP) is 5.18. The van der Waals surface area contributed by atoms with Crippen molar-refractivity contribution < 1.29 is 0 Å². The molecule has 0 fully saturated rings. The minimum absolute atomic E-state index is 1.06. The fraction of sp³-hybridized carbons (Fsp3) is 1.00. The Morgan fingerprint density at radius 2 is 1.07 bits per heavy atom. The number of hydrogen-bond acceptors (Lipinski definition) is 2. The monoisotopic (exact) mass is 248 g/mol. The topological polar surface area (TPSA) is 0 Å². The Bertz CT molecular complexity index is 92.7. The highest BCUT2D eigenvalue weighted by Crippen LogP contribution is 2.11. The van der Waals surface area contributed by atoms with Crippen LogP contribution in [0.15, 0.2) is 0 Å². The molecule has 0 aliphatic heterocycles. The molecule has 0 aromatic rings. The van der Waals surface area contributed by atoms with E-state index in [9.17, 15) is 0 Å². The van der Waals surface area contributed by atoms with Gasteiger partial charge in [-0.3, -0.25) is 0 Å². The van der Waals surface area contributed by atoms with Crippen molar-refractivity contribution in [2.45, 2.75) is 64.2 Å². The van der Waals surface area contributed by atoms with Crippen molar-refractivity contribution in [3.05, 3.63) is 0 Å². The van der Waals surface area contributed by atoms with Crippen LogP contribution in [0, 0.1) is 0 Å². The van der Waals surface area contributed by atoms with E-state index < -0.39 is 0 Å². The molecule has 92 valence electrons. The average molecular weight is 249 g/mol. The molecule has 0 unspecified atom stereocenters. The molecule has 0 saturated heterocycles.